The molecule has 23 heavy (non-hydrogen) atoms. The Labute approximate surface area is 136 Å². The van der Waals surface area contributed by atoms with Crippen molar-refractivity contribution in [3.8, 4) is 0 Å². The van der Waals surface area contributed by atoms with Gasteiger partial charge in [0.1, 0.15) is 11.1 Å². The molecule has 0 unspecified atom stereocenters. The van der Waals surface area contributed by atoms with Gasteiger partial charge in [0.2, 0.25) is 0 Å². The van der Waals surface area contributed by atoms with E-state index < -0.39 is 0 Å². The standard InChI is InChI=1S/C21H20N2/c1-3-7-14(8-4-1)20-16-11-12-17(16)21(23-22-20,19-13-18(19)20)15-9-5-2-6-10-15/h1-10,16-19H,11-13H2/t16-,17+,18-,19-,20+,21-/m1/s1. The van der Waals surface area contributed by atoms with Crippen molar-refractivity contribution in [2.45, 2.75) is 30.3 Å². The summed E-state index contributed by atoms with van der Waals surface area (Å²) in [4.78, 5) is 0. The van der Waals surface area contributed by atoms with E-state index in [9.17, 15) is 0 Å². The zero-order chi connectivity index (χ0) is 15.1. The highest BCUT2D eigenvalue weighted by molar-refractivity contribution is 5.43. The Kier molecular flexibility index (Phi) is 2.12. The topological polar surface area (TPSA) is 24.7 Å². The van der Waals surface area contributed by atoms with Crippen LogP contribution >= 0.6 is 0 Å². The number of hydrogen-bond acceptors (Lipinski definition) is 2. The molecule has 3 aliphatic carbocycles. The molecule has 2 bridgehead atoms. The lowest BCUT2D eigenvalue weighted by molar-refractivity contribution is -0.0811. The van der Waals surface area contributed by atoms with Crippen molar-refractivity contribution in [3.63, 3.8) is 0 Å². The molecule has 2 aliphatic heterocycles. The molecule has 0 N–H and O–H groups in total. The van der Waals surface area contributed by atoms with Gasteiger partial charge < -0.3 is 0 Å². The molecule has 0 aromatic heterocycles. The third-order valence-corrected chi connectivity index (χ3v) is 7.18. The maximum Gasteiger partial charge on any atom is 0.113 e. The fraction of sp³-hybridized carbons (Fsp3) is 0.429. The van der Waals surface area contributed by atoms with Crippen LogP contribution in [0.25, 0.3) is 0 Å². The minimum atomic E-state index is -0.00856. The fourth-order valence-corrected chi connectivity index (χ4v) is 6.12. The highest BCUT2D eigenvalue weighted by Gasteiger charge is 2.78. The van der Waals surface area contributed by atoms with Crippen LogP contribution in [0.2, 0.25) is 0 Å². The van der Waals surface area contributed by atoms with Gasteiger partial charge in [0.15, 0.2) is 0 Å². The average molecular weight is 300 g/mol. The largest absolute Gasteiger partial charge is 0.181 e. The first-order valence-electron chi connectivity index (χ1n) is 8.92. The van der Waals surface area contributed by atoms with E-state index in [0.29, 0.717) is 23.7 Å². The van der Waals surface area contributed by atoms with Crippen LogP contribution in [0.4, 0.5) is 0 Å². The van der Waals surface area contributed by atoms with Gasteiger partial charge in [0, 0.05) is 0 Å². The van der Waals surface area contributed by atoms with Gasteiger partial charge >= 0.3 is 0 Å². The van der Waals surface area contributed by atoms with Crippen molar-refractivity contribution >= 4 is 0 Å². The summed E-state index contributed by atoms with van der Waals surface area (Å²) in [6.07, 6.45) is 3.93. The lowest BCUT2D eigenvalue weighted by Crippen LogP contribution is -2.61. The molecule has 0 spiro atoms. The van der Waals surface area contributed by atoms with E-state index in [2.05, 4.69) is 60.7 Å². The number of azo groups is 1. The first-order chi connectivity index (χ1) is 11.4. The first-order valence-corrected chi connectivity index (χ1v) is 8.92. The summed E-state index contributed by atoms with van der Waals surface area (Å²) in [5, 5.41) is 10.2. The van der Waals surface area contributed by atoms with Crippen molar-refractivity contribution in [2.24, 2.45) is 33.9 Å². The van der Waals surface area contributed by atoms with Crippen molar-refractivity contribution in [3.05, 3.63) is 71.8 Å². The smallest absolute Gasteiger partial charge is 0.113 e. The normalized spacial score (nSPS) is 45.0. The Balaban J connectivity index is 1.58. The van der Waals surface area contributed by atoms with Crippen molar-refractivity contribution in [1.29, 1.82) is 0 Å². The number of nitrogens with zero attached hydrogens (tertiary/aromatic N) is 2. The average Bonchev–Trinajstić information content (AvgIpc) is 3.39. The Morgan fingerprint density at radius 3 is 1.43 bits per heavy atom. The van der Waals surface area contributed by atoms with Crippen LogP contribution in [-0.2, 0) is 11.1 Å². The summed E-state index contributed by atoms with van der Waals surface area (Å²) >= 11 is 0. The van der Waals surface area contributed by atoms with Gasteiger partial charge in [-0.15, -0.1) is 0 Å². The Morgan fingerprint density at radius 2 is 1.04 bits per heavy atom. The van der Waals surface area contributed by atoms with Gasteiger partial charge in [0.25, 0.3) is 0 Å². The number of hydrogen-bond donors (Lipinski definition) is 0. The van der Waals surface area contributed by atoms with Crippen LogP contribution in [0.1, 0.15) is 30.4 Å². The van der Waals surface area contributed by atoms with Crippen LogP contribution in [0.5, 0.6) is 0 Å². The van der Waals surface area contributed by atoms with Crippen LogP contribution in [-0.4, -0.2) is 0 Å². The predicted molar refractivity (Wildman–Crippen MR) is 88.9 cm³/mol. The summed E-state index contributed by atoms with van der Waals surface area (Å²) < 4.78 is 0. The van der Waals surface area contributed by atoms with Gasteiger partial charge in [-0.05, 0) is 54.1 Å². The molecule has 2 aromatic rings. The molecule has 3 saturated carbocycles. The third kappa shape index (κ3) is 1.26. The maximum atomic E-state index is 5.08. The van der Waals surface area contributed by atoms with E-state index in [1.807, 2.05) is 0 Å². The minimum absolute atomic E-state index is 0.00856. The van der Waals surface area contributed by atoms with E-state index in [0.717, 1.165) is 0 Å². The molecule has 0 saturated heterocycles. The summed E-state index contributed by atoms with van der Waals surface area (Å²) in [6.45, 7) is 0. The zero-order valence-corrected chi connectivity index (χ0v) is 13.1. The summed E-state index contributed by atoms with van der Waals surface area (Å²) in [5.74, 6) is 2.77. The van der Waals surface area contributed by atoms with E-state index in [1.54, 1.807) is 0 Å². The molecule has 7 rings (SSSR count). The maximum absolute atomic E-state index is 5.08. The molecular formula is C21H20N2. The quantitative estimate of drug-likeness (QED) is 0.752. The van der Waals surface area contributed by atoms with Crippen molar-refractivity contribution < 1.29 is 0 Å². The van der Waals surface area contributed by atoms with Gasteiger partial charge in [-0.3, -0.25) is 0 Å². The first kappa shape index (κ1) is 12.5. The Morgan fingerprint density at radius 1 is 0.609 bits per heavy atom. The van der Waals surface area contributed by atoms with Gasteiger partial charge in [-0.2, -0.15) is 10.2 Å². The van der Waals surface area contributed by atoms with Crippen molar-refractivity contribution in [2.75, 3.05) is 0 Å². The Bertz CT molecular complexity index is 732. The second-order valence-electron chi connectivity index (χ2n) is 7.82. The molecule has 2 heterocycles. The van der Waals surface area contributed by atoms with Gasteiger partial charge in [-0.25, -0.2) is 0 Å². The van der Waals surface area contributed by atoms with E-state index >= 15 is 0 Å². The SMILES string of the molecule is c1ccc([C@@]23N=N[C@@](c4ccccc4)([C@@H]4C[C@H]42)[C@H]2CC[C@H]23)cc1. The second-order valence-corrected chi connectivity index (χ2v) is 7.82. The summed E-state index contributed by atoms with van der Waals surface area (Å²) in [6, 6.07) is 22.0. The van der Waals surface area contributed by atoms with Gasteiger partial charge in [0.05, 0.1) is 0 Å². The zero-order valence-electron chi connectivity index (χ0n) is 13.1. The molecule has 2 aromatic carbocycles. The molecule has 114 valence electrons. The highest BCUT2D eigenvalue weighted by atomic mass is 15.3. The van der Waals surface area contributed by atoms with Crippen LogP contribution in [0.3, 0.4) is 0 Å². The molecule has 3 fully saturated rings. The van der Waals surface area contributed by atoms with Crippen LogP contribution < -0.4 is 0 Å². The highest BCUT2D eigenvalue weighted by Crippen LogP contribution is 2.78. The van der Waals surface area contributed by atoms with E-state index in [4.69, 9.17) is 10.2 Å². The number of rotatable bonds is 2. The van der Waals surface area contributed by atoms with E-state index in [1.165, 1.54) is 30.4 Å². The fourth-order valence-electron chi connectivity index (χ4n) is 6.12. The van der Waals surface area contributed by atoms with Crippen molar-refractivity contribution in [1.82, 2.24) is 0 Å². The summed E-state index contributed by atoms with van der Waals surface area (Å²) in [5.41, 5.74) is 2.80. The lowest BCUT2D eigenvalue weighted by atomic mass is 9.47. The molecular weight excluding hydrogens is 280 g/mol. The lowest BCUT2D eigenvalue weighted by Gasteiger charge is -2.61. The number of benzene rings is 2. The molecule has 0 radical (unpaired) electrons. The van der Waals surface area contributed by atoms with Crippen LogP contribution in [0.15, 0.2) is 70.9 Å². The second kappa shape index (κ2) is 3.92. The Hall–Kier alpha value is -1.96. The monoisotopic (exact) mass is 300 g/mol. The molecule has 0 amide bonds. The molecule has 2 heteroatoms. The minimum Gasteiger partial charge on any atom is -0.181 e. The summed E-state index contributed by atoms with van der Waals surface area (Å²) in [7, 11) is 0. The van der Waals surface area contributed by atoms with Gasteiger partial charge in [-0.1, -0.05) is 60.7 Å². The third-order valence-electron chi connectivity index (χ3n) is 7.18. The molecule has 2 nitrogen and oxygen atoms in total. The van der Waals surface area contributed by atoms with Crippen LogP contribution in [0, 0.1) is 23.7 Å². The molecule has 6 atom stereocenters. The predicted octanol–water partition coefficient (Wildman–Crippen LogP) is 4.92. The van der Waals surface area contributed by atoms with E-state index in [-0.39, 0.29) is 11.1 Å². The molecule has 5 aliphatic rings.